The highest BCUT2D eigenvalue weighted by Crippen LogP contribution is 2.16. The first-order valence-corrected chi connectivity index (χ1v) is 8.27. The number of methoxy groups -OCH3 is 1. The van der Waals surface area contributed by atoms with Crippen molar-refractivity contribution in [3.05, 3.63) is 54.1 Å². The zero-order valence-electron chi connectivity index (χ0n) is 15.4. The Hall–Kier alpha value is -3.35. The van der Waals surface area contributed by atoms with Gasteiger partial charge < -0.3 is 19.5 Å². The van der Waals surface area contributed by atoms with Gasteiger partial charge in [-0.05, 0) is 62.4 Å². The van der Waals surface area contributed by atoms with Gasteiger partial charge in [0.25, 0.3) is 5.91 Å². The van der Waals surface area contributed by atoms with E-state index in [1.54, 1.807) is 55.6 Å². The zero-order valence-corrected chi connectivity index (χ0v) is 15.4. The van der Waals surface area contributed by atoms with E-state index in [1.807, 2.05) is 0 Å². The molecule has 1 amide bonds. The Morgan fingerprint density at radius 3 is 2.11 bits per heavy atom. The molecule has 0 aliphatic rings. The number of carbonyl (C=O) groups excluding carboxylic acids is 3. The van der Waals surface area contributed by atoms with E-state index in [1.165, 1.54) is 13.8 Å². The van der Waals surface area contributed by atoms with Gasteiger partial charge in [-0.25, -0.2) is 4.79 Å². The molecule has 2 aromatic rings. The van der Waals surface area contributed by atoms with Crippen LogP contribution in [-0.2, 0) is 14.3 Å². The van der Waals surface area contributed by atoms with Crippen molar-refractivity contribution in [2.75, 3.05) is 19.0 Å². The molecule has 0 aromatic heterocycles. The van der Waals surface area contributed by atoms with E-state index in [0.717, 1.165) is 0 Å². The Bertz CT molecular complexity index is 798. The summed E-state index contributed by atoms with van der Waals surface area (Å²) in [4.78, 5) is 35.1. The third kappa shape index (κ3) is 6.14. The van der Waals surface area contributed by atoms with E-state index in [0.29, 0.717) is 22.7 Å². The molecule has 27 heavy (non-hydrogen) atoms. The SMILES string of the molecule is COc1ccc(NC(=O)C(C)OC(=O)COc2ccc(C(C)=O)cc2)cc1. The third-order valence-corrected chi connectivity index (χ3v) is 3.65. The minimum Gasteiger partial charge on any atom is -0.497 e. The average molecular weight is 371 g/mol. The summed E-state index contributed by atoms with van der Waals surface area (Å²) in [5.74, 6) is -0.103. The molecule has 0 spiro atoms. The largest absolute Gasteiger partial charge is 0.497 e. The highest BCUT2D eigenvalue weighted by atomic mass is 16.6. The van der Waals surface area contributed by atoms with Crippen molar-refractivity contribution >= 4 is 23.3 Å². The second-order valence-corrected chi connectivity index (χ2v) is 5.72. The molecule has 0 bridgehead atoms. The zero-order chi connectivity index (χ0) is 19.8. The van der Waals surface area contributed by atoms with E-state index in [-0.39, 0.29) is 12.4 Å². The number of rotatable bonds is 8. The Morgan fingerprint density at radius 1 is 0.963 bits per heavy atom. The van der Waals surface area contributed by atoms with Gasteiger partial charge in [-0.3, -0.25) is 9.59 Å². The summed E-state index contributed by atoms with van der Waals surface area (Å²) in [5.41, 5.74) is 1.11. The topological polar surface area (TPSA) is 90.9 Å². The monoisotopic (exact) mass is 371 g/mol. The molecule has 2 aromatic carbocycles. The molecule has 7 nitrogen and oxygen atoms in total. The molecule has 1 atom stereocenters. The van der Waals surface area contributed by atoms with Gasteiger partial charge in [0.1, 0.15) is 11.5 Å². The van der Waals surface area contributed by atoms with Crippen LogP contribution < -0.4 is 14.8 Å². The number of nitrogens with one attached hydrogen (secondary N) is 1. The summed E-state index contributed by atoms with van der Waals surface area (Å²) in [6, 6.07) is 13.2. The number of Topliss-reactive ketones (excluding diaryl/α,β-unsaturated/α-hetero) is 1. The summed E-state index contributed by atoms with van der Waals surface area (Å²) in [7, 11) is 1.55. The predicted molar refractivity (Wildman–Crippen MR) is 99.1 cm³/mol. The number of ether oxygens (including phenoxy) is 3. The molecular weight excluding hydrogens is 350 g/mol. The van der Waals surface area contributed by atoms with Crippen molar-refractivity contribution < 1.29 is 28.6 Å². The maximum absolute atomic E-state index is 12.1. The summed E-state index contributed by atoms with van der Waals surface area (Å²) in [6.45, 7) is 2.59. The van der Waals surface area contributed by atoms with Crippen LogP contribution in [0.3, 0.4) is 0 Å². The number of anilines is 1. The molecule has 1 unspecified atom stereocenters. The van der Waals surface area contributed by atoms with Crippen molar-refractivity contribution in [2.45, 2.75) is 20.0 Å². The lowest BCUT2D eigenvalue weighted by Gasteiger charge is -2.14. The third-order valence-electron chi connectivity index (χ3n) is 3.65. The second-order valence-electron chi connectivity index (χ2n) is 5.72. The van der Waals surface area contributed by atoms with Crippen LogP contribution in [-0.4, -0.2) is 37.5 Å². The molecule has 0 saturated carbocycles. The van der Waals surface area contributed by atoms with Crippen LogP contribution in [0.4, 0.5) is 5.69 Å². The number of hydrogen-bond acceptors (Lipinski definition) is 6. The molecule has 7 heteroatoms. The second kappa shape index (κ2) is 9.38. The number of benzene rings is 2. The lowest BCUT2D eigenvalue weighted by molar-refractivity contribution is -0.155. The molecule has 0 aliphatic heterocycles. The van der Waals surface area contributed by atoms with Gasteiger partial charge in [-0.15, -0.1) is 0 Å². The first-order chi connectivity index (χ1) is 12.9. The number of hydrogen-bond donors (Lipinski definition) is 1. The molecule has 1 N–H and O–H groups in total. The molecular formula is C20H21NO6. The van der Waals surface area contributed by atoms with Gasteiger partial charge in [0, 0.05) is 11.3 Å². The fraction of sp³-hybridized carbons (Fsp3) is 0.250. The fourth-order valence-electron chi connectivity index (χ4n) is 2.13. The first-order valence-electron chi connectivity index (χ1n) is 8.27. The van der Waals surface area contributed by atoms with Crippen molar-refractivity contribution in [1.82, 2.24) is 0 Å². The lowest BCUT2D eigenvalue weighted by Crippen LogP contribution is -2.31. The van der Waals surface area contributed by atoms with Gasteiger partial charge >= 0.3 is 5.97 Å². The van der Waals surface area contributed by atoms with Gasteiger partial charge in [-0.1, -0.05) is 0 Å². The highest BCUT2D eigenvalue weighted by molar-refractivity contribution is 5.95. The molecule has 0 fully saturated rings. The Balaban J connectivity index is 1.79. The number of esters is 1. The van der Waals surface area contributed by atoms with E-state index in [4.69, 9.17) is 14.2 Å². The summed E-state index contributed by atoms with van der Waals surface area (Å²) in [6.07, 6.45) is -0.983. The minimum atomic E-state index is -0.983. The van der Waals surface area contributed by atoms with Crippen LogP contribution in [0.15, 0.2) is 48.5 Å². The Morgan fingerprint density at radius 2 is 1.56 bits per heavy atom. The quantitative estimate of drug-likeness (QED) is 0.567. The van der Waals surface area contributed by atoms with E-state index in [9.17, 15) is 14.4 Å². The first kappa shape index (κ1) is 20.0. The molecule has 2 rings (SSSR count). The van der Waals surface area contributed by atoms with Gasteiger partial charge in [0.2, 0.25) is 0 Å². The molecule has 0 aliphatic carbocycles. The van der Waals surface area contributed by atoms with E-state index < -0.39 is 18.0 Å². The van der Waals surface area contributed by atoms with Crippen LogP contribution in [0, 0.1) is 0 Å². The van der Waals surface area contributed by atoms with Gasteiger partial charge in [0.05, 0.1) is 7.11 Å². The highest BCUT2D eigenvalue weighted by Gasteiger charge is 2.18. The summed E-state index contributed by atoms with van der Waals surface area (Å²) < 4.78 is 15.4. The Kier molecular flexibility index (Phi) is 6.93. The van der Waals surface area contributed by atoms with Crippen molar-refractivity contribution in [1.29, 1.82) is 0 Å². The molecule has 0 heterocycles. The van der Waals surface area contributed by atoms with Crippen molar-refractivity contribution in [3.8, 4) is 11.5 Å². The smallest absolute Gasteiger partial charge is 0.344 e. The maximum atomic E-state index is 12.1. The molecule has 142 valence electrons. The van der Waals surface area contributed by atoms with Crippen LogP contribution >= 0.6 is 0 Å². The lowest BCUT2D eigenvalue weighted by atomic mass is 10.1. The van der Waals surface area contributed by atoms with Crippen molar-refractivity contribution in [2.24, 2.45) is 0 Å². The van der Waals surface area contributed by atoms with Crippen LogP contribution in [0.25, 0.3) is 0 Å². The van der Waals surface area contributed by atoms with E-state index in [2.05, 4.69) is 5.32 Å². The van der Waals surface area contributed by atoms with Gasteiger partial charge in [-0.2, -0.15) is 0 Å². The number of ketones is 1. The number of amides is 1. The van der Waals surface area contributed by atoms with Gasteiger partial charge in [0.15, 0.2) is 18.5 Å². The predicted octanol–water partition coefficient (Wildman–Crippen LogP) is 2.85. The fourth-order valence-corrected chi connectivity index (χ4v) is 2.13. The normalized spacial score (nSPS) is 11.2. The standard InChI is InChI=1S/C20H21NO6/c1-13(22)15-4-8-18(9-5-15)26-12-19(23)27-14(2)20(24)21-16-6-10-17(25-3)11-7-16/h4-11,14H,12H2,1-3H3,(H,21,24). The van der Waals surface area contributed by atoms with E-state index >= 15 is 0 Å². The van der Waals surface area contributed by atoms with Crippen LogP contribution in [0.5, 0.6) is 11.5 Å². The molecule has 0 radical (unpaired) electrons. The summed E-state index contributed by atoms with van der Waals surface area (Å²) in [5, 5.41) is 2.64. The number of carbonyl (C=O) groups is 3. The van der Waals surface area contributed by atoms with Crippen LogP contribution in [0.2, 0.25) is 0 Å². The van der Waals surface area contributed by atoms with Crippen molar-refractivity contribution in [3.63, 3.8) is 0 Å². The average Bonchev–Trinajstić information content (AvgIpc) is 2.67. The molecule has 0 saturated heterocycles. The minimum absolute atomic E-state index is 0.0577. The summed E-state index contributed by atoms with van der Waals surface area (Å²) >= 11 is 0. The van der Waals surface area contributed by atoms with Crippen LogP contribution in [0.1, 0.15) is 24.2 Å². The maximum Gasteiger partial charge on any atom is 0.344 e. The Labute approximate surface area is 157 Å².